The van der Waals surface area contributed by atoms with E-state index in [1.54, 1.807) is 6.07 Å². The Bertz CT molecular complexity index is 1660. The highest BCUT2D eigenvalue weighted by Crippen LogP contribution is 2.46. The topological polar surface area (TPSA) is 154 Å². The maximum absolute atomic E-state index is 11.9. The largest absolute Gasteiger partial charge is 0.504 e. The first-order valence-corrected chi connectivity index (χ1v) is 10.0. The van der Waals surface area contributed by atoms with E-state index >= 15 is 0 Å². The van der Waals surface area contributed by atoms with Crippen molar-refractivity contribution in [3.05, 3.63) is 63.8 Å². The van der Waals surface area contributed by atoms with Crippen molar-refractivity contribution in [3.8, 4) is 28.9 Å². The molecule has 3 heterocycles. The number of phenols is 3. The smallest absolute Gasteiger partial charge is 0.282 e. The molecule has 1 aliphatic heterocycles. The van der Waals surface area contributed by atoms with Crippen LogP contribution in [0.5, 0.6) is 28.9 Å². The van der Waals surface area contributed by atoms with E-state index in [4.69, 9.17) is 13.6 Å². The van der Waals surface area contributed by atoms with Crippen LogP contribution in [0.2, 0.25) is 0 Å². The highest BCUT2D eigenvalue weighted by molar-refractivity contribution is 6.17. The maximum atomic E-state index is 11.9. The summed E-state index contributed by atoms with van der Waals surface area (Å²) < 4.78 is 17.6. The van der Waals surface area contributed by atoms with Crippen LogP contribution in [0.1, 0.15) is 17.2 Å². The molecule has 0 bridgehead atoms. The monoisotopic (exact) mass is 448 g/mol. The normalized spacial score (nSPS) is 18.0. The molecule has 9 nitrogen and oxygen atoms in total. The Balaban J connectivity index is 1.62. The number of rotatable bonds is 1. The van der Waals surface area contributed by atoms with Gasteiger partial charge in [0.25, 0.3) is 5.95 Å². The van der Waals surface area contributed by atoms with E-state index in [-0.39, 0.29) is 29.1 Å². The van der Waals surface area contributed by atoms with Crippen LogP contribution in [-0.2, 0) is 6.42 Å². The van der Waals surface area contributed by atoms with Crippen molar-refractivity contribution >= 4 is 32.9 Å². The highest BCUT2D eigenvalue weighted by Gasteiger charge is 2.34. The van der Waals surface area contributed by atoms with Crippen LogP contribution in [-0.4, -0.2) is 31.6 Å². The fraction of sp³-hybridized carbons (Fsp3) is 0.125. The molecule has 5 N–H and O–H groups in total. The predicted octanol–water partition coefficient (Wildman–Crippen LogP) is 3.55. The molecule has 0 aliphatic carbocycles. The van der Waals surface area contributed by atoms with Gasteiger partial charge in [0, 0.05) is 41.0 Å². The Morgan fingerprint density at radius 1 is 0.818 bits per heavy atom. The number of hydrogen-bond donors (Lipinski definition) is 5. The zero-order valence-electron chi connectivity index (χ0n) is 16.8. The van der Waals surface area contributed by atoms with Crippen LogP contribution < -0.4 is 10.2 Å². The fourth-order valence-electron chi connectivity index (χ4n) is 4.44. The summed E-state index contributed by atoms with van der Waals surface area (Å²) in [6.45, 7) is 0. The summed E-state index contributed by atoms with van der Waals surface area (Å²) in [5, 5.41) is 51.8. The first-order chi connectivity index (χ1) is 15.8. The number of aliphatic hydroxyl groups is 1. The molecule has 1 aliphatic rings. The SMILES string of the molecule is O=c1cc2oc3cc4c(c5oc(O)cc(c2cc1O)c35)CC(O)C(c1ccc(O)c(O)c1)O4. The first-order valence-electron chi connectivity index (χ1n) is 10.0. The molecule has 0 amide bonds. The molecule has 33 heavy (non-hydrogen) atoms. The molecule has 9 heteroatoms. The van der Waals surface area contributed by atoms with Crippen LogP contribution in [0.4, 0.5) is 0 Å². The van der Waals surface area contributed by atoms with E-state index in [2.05, 4.69) is 0 Å². The molecule has 0 fully saturated rings. The van der Waals surface area contributed by atoms with Gasteiger partial charge in [0.2, 0.25) is 5.43 Å². The van der Waals surface area contributed by atoms with Gasteiger partial charge in [-0.3, -0.25) is 4.79 Å². The lowest BCUT2D eigenvalue weighted by Gasteiger charge is -2.31. The second-order valence-corrected chi connectivity index (χ2v) is 8.03. The number of phenolic OH excluding ortho intramolecular Hbond substituents is 3. The second-order valence-electron chi connectivity index (χ2n) is 8.03. The number of hydrogen-bond acceptors (Lipinski definition) is 9. The van der Waals surface area contributed by atoms with E-state index in [1.807, 2.05) is 0 Å². The zero-order chi connectivity index (χ0) is 23.0. The summed E-state index contributed by atoms with van der Waals surface area (Å²) in [5.74, 6) is -1.17. The van der Waals surface area contributed by atoms with Crippen molar-refractivity contribution in [1.82, 2.24) is 0 Å². The Hall–Kier alpha value is -4.37. The van der Waals surface area contributed by atoms with E-state index in [1.165, 1.54) is 30.3 Å². The average molecular weight is 448 g/mol. The summed E-state index contributed by atoms with van der Waals surface area (Å²) in [6, 6.07) is 9.54. The molecular weight excluding hydrogens is 432 g/mol. The van der Waals surface area contributed by atoms with E-state index in [0.29, 0.717) is 38.6 Å². The Labute approximate surface area is 183 Å². The highest BCUT2D eigenvalue weighted by atomic mass is 16.5. The summed E-state index contributed by atoms with van der Waals surface area (Å²) >= 11 is 0. The van der Waals surface area contributed by atoms with Crippen LogP contribution in [0.25, 0.3) is 32.9 Å². The molecule has 0 saturated heterocycles. The lowest BCUT2D eigenvalue weighted by Crippen LogP contribution is -2.30. The van der Waals surface area contributed by atoms with Crippen molar-refractivity contribution in [1.29, 1.82) is 0 Å². The lowest BCUT2D eigenvalue weighted by atomic mass is 9.92. The van der Waals surface area contributed by atoms with Gasteiger partial charge in [-0.05, 0) is 23.8 Å². The number of ether oxygens (including phenoxy) is 1. The van der Waals surface area contributed by atoms with E-state index in [0.717, 1.165) is 6.07 Å². The lowest BCUT2D eigenvalue weighted by molar-refractivity contribution is 0.0209. The van der Waals surface area contributed by atoms with Crippen molar-refractivity contribution in [2.45, 2.75) is 18.6 Å². The zero-order valence-corrected chi connectivity index (χ0v) is 16.8. The number of benzene rings is 3. The van der Waals surface area contributed by atoms with Gasteiger partial charge < -0.3 is 39.1 Å². The minimum absolute atomic E-state index is 0.0996. The van der Waals surface area contributed by atoms with E-state index < -0.39 is 29.3 Å². The Morgan fingerprint density at radius 2 is 1.64 bits per heavy atom. The van der Waals surface area contributed by atoms with Crippen LogP contribution >= 0.6 is 0 Å². The van der Waals surface area contributed by atoms with Crippen molar-refractivity contribution in [3.63, 3.8) is 0 Å². The molecule has 5 aromatic rings. The van der Waals surface area contributed by atoms with Gasteiger partial charge in [0.15, 0.2) is 17.2 Å². The Morgan fingerprint density at radius 3 is 2.42 bits per heavy atom. The van der Waals surface area contributed by atoms with Crippen LogP contribution in [0.3, 0.4) is 0 Å². The molecule has 166 valence electrons. The molecule has 0 spiro atoms. The average Bonchev–Trinajstić information content (AvgIpc) is 2.77. The molecule has 2 aromatic heterocycles. The summed E-state index contributed by atoms with van der Waals surface area (Å²) in [7, 11) is 0. The second kappa shape index (κ2) is 6.57. The van der Waals surface area contributed by atoms with Gasteiger partial charge in [0.05, 0.1) is 11.5 Å². The molecule has 0 saturated carbocycles. The van der Waals surface area contributed by atoms with Gasteiger partial charge in [0.1, 0.15) is 28.6 Å². The minimum atomic E-state index is -1.03. The molecule has 6 rings (SSSR count). The summed E-state index contributed by atoms with van der Waals surface area (Å²) in [6.07, 6.45) is -1.78. The quantitative estimate of drug-likeness (QED) is 0.147. The molecule has 0 radical (unpaired) electrons. The van der Waals surface area contributed by atoms with Gasteiger partial charge in [-0.15, -0.1) is 0 Å². The minimum Gasteiger partial charge on any atom is -0.504 e. The van der Waals surface area contributed by atoms with Gasteiger partial charge in [-0.2, -0.15) is 0 Å². The summed E-state index contributed by atoms with van der Waals surface area (Å²) in [4.78, 5) is 11.9. The third-order valence-corrected chi connectivity index (χ3v) is 5.97. The molecule has 3 aromatic carbocycles. The molecule has 2 atom stereocenters. The van der Waals surface area contributed by atoms with E-state index in [9.17, 15) is 30.3 Å². The van der Waals surface area contributed by atoms with Crippen molar-refractivity contribution in [2.75, 3.05) is 0 Å². The fourth-order valence-corrected chi connectivity index (χ4v) is 4.44. The maximum Gasteiger partial charge on any atom is 0.282 e. The third kappa shape index (κ3) is 2.79. The predicted molar refractivity (Wildman–Crippen MR) is 116 cm³/mol. The van der Waals surface area contributed by atoms with Gasteiger partial charge in [-0.1, -0.05) is 6.07 Å². The van der Waals surface area contributed by atoms with Gasteiger partial charge in [-0.25, -0.2) is 0 Å². The van der Waals surface area contributed by atoms with Crippen LogP contribution in [0.15, 0.2) is 56.1 Å². The number of fused-ring (bicyclic) bond motifs is 4. The van der Waals surface area contributed by atoms with Crippen molar-refractivity contribution < 1.29 is 39.1 Å². The van der Waals surface area contributed by atoms with Gasteiger partial charge >= 0.3 is 0 Å². The standard InChI is InChI=1S/C24H16O9/c25-13-2-1-9(3-14(13)26)23-17(29)5-12-19(32-23)8-20-22-11(6-21(30)33-24(12)22)10-4-15(27)16(28)7-18(10)31-20/h1-4,6-8,17,23,25-27,29-30H,5H2. The van der Waals surface area contributed by atoms with Crippen molar-refractivity contribution in [2.24, 2.45) is 0 Å². The first kappa shape index (κ1) is 19.3. The third-order valence-electron chi connectivity index (χ3n) is 5.97. The molecular formula is C24H16O9. The molecule has 2 unspecified atom stereocenters. The number of aromatic hydroxyl groups is 4. The van der Waals surface area contributed by atoms with Crippen LogP contribution in [0, 0.1) is 0 Å². The summed E-state index contributed by atoms with van der Waals surface area (Å²) in [5.41, 5.74) is 1.08. The Kier molecular flexibility index (Phi) is 3.84. The number of aliphatic hydroxyl groups excluding tert-OH is 1.